The quantitative estimate of drug-likeness (QED) is 0.522. The van der Waals surface area contributed by atoms with Crippen molar-refractivity contribution in [2.24, 2.45) is 0 Å². The summed E-state index contributed by atoms with van der Waals surface area (Å²) in [7, 11) is 0. The lowest BCUT2D eigenvalue weighted by Crippen LogP contribution is -2.26. The third kappa shape index (κ3) is 2.63. The third-order valence-electron chi connectivity index (χ3n) is 6.73. The van der Waals surface area contributed by atoms with Gasteiger partial charge < -0.3 is 9.88 Å². The van der Waals surface area contributed by atoms with Crippen LogP contribution in [0.4, 0.5) is 8.78 Å². The van der Waals surface area contributed by atoms with E-state index < -0.39 is 11.6 Å². The number of hydrogen-bond acceptors (Lipinski definition) is 4. The molecule has 0 unspecified atom stereocenters. The Morgan fingerprint density at radius 2 is 1.78 bits per heavy atom. The zero-order valence-corrected chi connectivity index (χ0v) is 17.3. The van der Waals surface area contributed by atoms with Crippen molar-refractivity contribution in [1.29, 1.82) is 0 Å². The molecule has 7 nitrogen and oxygen atoms in total. The Morgan fingerprint density at radius 1 is 1.09 bits per heavy atom. The minimum Gasteiger partial charge on any atom is -0.330 e. The van der Waals surface area contributed by atoms with Gasteiger partial charge in [-0.05, 0) is 49.6 Å². The molecule has 4 aromatic rings. The van der Waals surface area contributed by atoms with Gasteiger partial charge in [0.05, 0.1) is 11.0 Å². The average molecular weight is 435 g/mol. The topological polar surface area (TPSA) is 83.4 Å². The van der Waals surface area contributed by atoms with Gasteiger partial charge in [0, 0.05) is 35.7 Å². The van der Waals surface area contributed by atoms with Gasteiger partial charge in [-0.1, -0.05) is 6.42 Å². The third-order valence-corrected chi connectivity index (χ3v) is 6.73. The molecule has 9 heteroatoms. The lowest BCUT2D eigenvalue weighted by molar-refractivity contribution is 0.0749. The van der Waals surface area contributed by atoms with E-state index in [9.17, 15) is 18.4 Å². The van der Waals surface area contributed by atoms with Crippen LogP contribution in [0.2, 0.25) is 0 Å². The monoisotopic (exact) mass is 435 g/mol. The zero-order chi connectivity index (χ0) is 22.1. The van der Waals surface area contributed by atoms with Crippen molar-refractivity contribution in [1.82, 2.24) is 24.5 Å². The normalized spacial score (nSPS) is 16.0. The molecule has 162 valence electrons. The maximum atomic E-state index is 14.1. The number of aromatic amines is 1. The van der Waals surface area contributed by atoms with Crippen LogP contribution in [0.3, 0.4) is 0 Å². The van der Waals surface area contributed by atoms with E-state index >= 15 is 0 Å². The predicted octanol–water partition coefficient (Wildman–Crippen LogP) is 3.58. The predicted molar refractivity (Wildman–Crippen MR) is 112 cm³/mol. The summed E-state index contributed by atoms with van der Waals surface area (Å²) in [4.78, 5) is 30.1. The highest BCUT2D eigenvalue weighted by molar-refractivity contribution is 5.99. The molecule has 0 spiro atoms. The molecule has 1 aliphatic heterocycles. The molecule has 0 bridgehead atoms. The van der Waals surface area contributed by atoms with Crippen LogP contribution in [0, 0.1) is 18.6 Å². The Morgan fingerprint density at radius 3 is 2.41 bits per heavy atom. The lowest BCUT2D eigenvalue weighted by atomic mass is 9.85. The van der Waals surface area contributed by atoms with Crippen molar-refractivity contribution in [3.8, 4) is 0 Å². The molecule has 0 saturated heterocycles. The number of H-pyrrole nitrogens is 1. The van der Waals surface area contributed by atoms with E-state index in [1.807, 2.05) is 6.07 Å². The molecule has 2 aliphatic rings. The molecule has 2 aromatic carbocycles. The Kier molecular flexibility index (Phi) is 3.99. The molecule has 3 heterocycles. The average Bonchev–Trinajstić information content (AvgIpc) is 3.36. The van der Waals surface area contributed by atoms with Gasteiger partial charge in [-0.3, -0.25) is 14.0 Å². The Balaban J connectivity index is 1.45. The number of benzene rings is 2. The highest BCUT2D eigenvalue weighted by atomic mass is 19.1. The molecular formula is C23H19F2N5O2. The number of aromatic nitrogens is 4. The van der Waals surface area contributed by atoms with Gasteiger partial charge in [-0.25, -0.2) is 8.78 Å². The molecule has 2 aromatic heterocycles. The van der Waals surface area contributed by atoms with Gasteiger partial charge in [0.2, 0.25) is 5.65 Å². The zero-order valence-electron chi connectivity index (χ0n) is 17.3. The van der Waals surface area contributed by atoms with Crippen LogP contribution in [-0.2, 0) is 13.1 Å². The number of rotatable bonds is 2. The van der Waals surface area contributed by atoms with Crippen LogP contribution in [-0.4, -0.2) is 30.4 Å². The molecule has 1 fully saturated rings. The largest absolute Gasteiger partial charge is 0.330 e. The van der Waals surface area contributed by atoms with Crippen LogP contribution in [0.25, 0.3) is 16.7 Å². The molecule has 1 N–H and O–H groups in total. The van der Waals surface area contributed by atoms with Crippen molar-refractivity contribution in [3.05, 3.63) is 74.3 Å². The van der Waals surface area contributed by atoms with Crippen molar-refractivity contribution in [2.75, 3.05) is 0 Å². The first kappa shape index (κ1) is 19.1. The number of nitrogens with one attached hydrogen (secondary N) is 1. The van der Waals surface area contributed by atoms with Crippen LogP contribution < -0.4 is 5.56 Å². The van der Waals surface area contributed by atoms with E-state index in [2.05, 4.69) is 15.2 Å². The van der Waals surface area contributed by atoms with Crippen LogP contribution in [0.15, 0.2) is 29.1 Å². The summed E-state index contributed by atoms with van der Waals surface area (Å²) in [5, 5.41) is 8.35. The Labute approximate surface area is 180 Å². The van der Waals surface area contributed by atoms with Crippen LogP contribution >= 0.6 is 0 Å². The number of carbonyl (C=O) groups is 1. The van der Waals surface area contributed by atoms with E-state index in [0.717, 1.165) is 42.7 Å². The molecule has 0 atom stereocenters. The smallest absolute Gasteiger partial charge is 0.294 e. The summed E-state index contributed by atoms with van der Waals surface area (Å²) < 4.78 is 30.1. The highest BCUT2D eigenvalue weighted by Crippen LogP contribution is 2.36. The van der Waals surface area contributed by atoms with E-state index in [1.54, 1.807) is 17.4 Å². The van der Waals surface area contributed by atoms with Crippen molar-refractivity contribution in [2.45, 2.75) is 45.2 Å². The van der Waals surface area contributed by atoms with Gasteiger partial charge in [0.1, 0.15) is 17.5 Å². The molecule has 1 amide bonds. The molecule has 6 rings (SSSR count). The molecule has 0 radical (unpaired) electrons. The van der Waals surface area contributed by atoms with Crippen LogP contribution in [0.1, 0.15) is 58.1 Å². The Hall–Kier alpha value is -3.62. The van der Waals surface area contributed by atoms with Crippen molar-refractivity contribution < 1.29 is 13.6 Å². The van der Waals surface area contributed by atoms with Crippen molar-refractivity contribution in [3.63, 3.8) is 0 Å². The maximum absolute atomic E-state index is 14.1. The first-order chi connectivity index (χ1) is 15.4. The number of fused-ring (bicyclic) bond motifs is 4. The number of hydrogen-bond donors (Lipinski definition) is 1. The fourth-order valence-electron chi connectivity index (χ4n) is 4.73. The molecule has 32 heavy (non-hydrogen) atoms. The Bertz CT molecular complexity index is 1470. The van der Waals surface area contributed by atoms with Gasteiger partial charge in [0.15, 0.2) is 0 Å². The number of amides is 1. The summed E-state index contributed by atoms with van der Waals surface area (Å²) >= 11 is 0. The summed E-state index contributed by atoms with van der Waals surface area (Å²) in [5.41, 5.74) is 2.56. The second-order valence-electron chi connectivity index (χ2n) is 8.63. The van der Waals surface area contributed by atoms with Gasteiger partial charge in [-0.15, -0.1) is 10.2 Å². The van der Waals surface area contributed by atoms with Gasteiger partial charge >= 0.3 is 0 Å². The second kappa shape index (κ2) is 6.69. The van der Waals surface area contributed by atoms with E-state index in [-0.39, 0.29) is 47.2 Å². The molecular weight excluding hydrogens is 416 g/mol. The van der Waals surface area contributed by atoms with E-state index in [4.69, 9.17) is 0 Å². The minimum absolute atomic E-state index is 0.00204. The summed E-state index contributed by atoms with van der Waals surface area (Å²) in [5.74, 6) is -0.348. The highest BCUT2D eigenvalue weighted by Gasteiger charge is 2.31. The van der Waals surface area contributed by atoms with Crippen molar-refractivity contribution >= 4 is 22.6 Å². The SMILES string of the molecule is Cc1cc2c(cc1C(=O)N1Cc3c(F)ccc(F)c3C1)[nH]c(=O)c1nnc(C3CCC3)n12. The number of halogens is 2. The fourth-order valence-corrected chi connectivity index (χ4v) is 4.73. The fraction of sp³-hybridized carbons (Fsp3) is 0.304. The maximum Gasteiger partial charge on any atom is 0.294 e. The van der Waals surface area contributed by atoms with E-state index in [0.29, 0.717) is 16.6 Å². The second-order valence-corrected chi connectivity index (χ2v) is 8.63. The van der Waals surface area contributed by atoms with Gasteiger partial charge in [0.25, 0.3) is 11.5 Å². The van der Waals surface area contributed by atoms with Gasteiger partial charge in [-0.2, -0.15) is 0 Å². The first-order valence-electron chi connectivity index (χ1n) is 10.6. The first-order valence-corrected chi connectivity index (χ1v) is 10.6. The standard InChI is InChI=1S/C23H19F2N5O2/c1-11-7-19-18(26-22(31)21-28-27-20(30(19)21)12-3-2-4-12)8-13(11)23(32)29-9-14-15(10-29)17(25)6-5-16(14)24/h5-8,12H,2-4,9-10H2,1H3,(H,26,31). The number of nitrogens with zero attached hydrogens (tertiary/aromatic N) is 4. The van der Waals surface area contributed by atoms with Crippen LogP contribution in [0.5, 0.6) is 0 Å². The number of carbonyl (C=O) groups excluding carboxylic acids is 1. The summed E-state index contributed by atoms with van der Waals surface area (Å²) in [6.45, 7) is 1.81. The minimum atomic E-state index is -0.519. The number of aryl methyl sites for hydroxylation is 1. The molecule has 1 saturated carbocycles. The summed E-state index contributed by atoms with van der Waals surface area (Å²) in [6.07, 6.45) is 3.14. The summed E-state index contributed by atoms with van der Waals surface area (Å²) in [6, 6.07) is 5.63. The lowest BCUT2D eigenvalue weighted by Gasteiger charge is -2.23. The van der Waals surface area contributed by atoms with E-state index in [1.165, 1.54) is 4.90 Å². The molecule has 1 aliphatic carbocycles.